The van der Waals surface area contributed by atoms with Gasteiger partial charge in [0.15, 0.2) is 4.70 Å². The van der Waals surface area contributed by atoms with E-state index in [1.807, 2.05) is 0 Å². The highest BCUT2D eigenvalue weighted by molar-refractivity contribution is 7.01. The van der Waals surface area contributed by atoms with Gasteiger partial charge in [0.1, 0.15) is 0 Å². The van der Waals surface area contributed by atoms with Crippen molar-refractivity contribution in [1.82, 2.24) is 14.7 Å². The molecule has 0 N–H and O–H groups in total. The molecule has 4 aromatic heterocycles. The fourth-order valence-electron chi connectivity index (χ4n) is 15.8. The number of nitrogens with zero attached hydrogens (tertiary/aromatic N) is 5. The average molecular weight is 835 g/mol. The van der Waals surface area contributed by atoms with E-state index in [4.69, 9.17) is 14.7 Å². The number of pyridine rings is 4. The molecule has 0 unspecified atom stereocenters. The molecule has 6 nitrogen and oxygen atoms in total. The highest BCUT2D eigenvalue weighted by atomic mass is 16.5. The summed E-state index contributed by atoms with van der Waals surface area (Å²) in [5.41, 5.74) is 29.1. The van der Waals surface area contributed by atoms with E-state index in [9.17, 15) is 0 Å². The van der Waals surface area contributed by atoms with Crippen LogP contribution in [0.5, 0.6) is 11.5 Å². The van der Waals surface area contributed by atoms with Gasteiger partial charge in [0.25, 0.3) is 0 Å². The van der Waals surface area contributed by atoms with Gasteiger partial charge in [-0.1, -0.05) is 133 Å². The van der Waals surface area contributed by atoms with Crippen molar-refractivity contribution in [1.29, 1.82) is 0 Å². The summed E-state index contributed by atoms with van der Waals surface area (Å²) < 4.78 is 13.0. The maximum Gasteiger partial charge on any atom is 0.345 e. The van der Waals surface area contributed by atoms with Crippen molar-refractivity contribution in [2.45, 2.75) is 10.8 Å². The molecule has 10 aromatic rings. The van der Waals surface area contributed by atoms with Crippen LogP contribution in [0.1, 0.15) is 44.8 Å². The molecule has 0 saturated carbocycles. The van der Waals surface area contributed by atoms with Crippen molar-refractivity contribution in [2.75, 3.05) is 0 Å². The SMILES string of the molecule is c1ccc2c(c1)-c1ccccc1C21c2cccc3c2B2c4c1ncc1c4[N+]4(c5c(cnc6c5B5c7c(cccc7C67c6ccccc6-c6ccccc67)-c6ccc[n+]4c65)O1)[n+]1cccc-3c12. The molecule has 0 radical (unpaired) electrons. The highest BCUT2D eigenvalue weighted by Crippen LogP contribution is 2.62. The number of hydrogen-bond donors (Lipinski definition) is 0. The van der Waals surface area contributed by atoms with Gasteiger partial charge in [-0.3, -0.25) is 9.97 Å². The monoisotopic (exact) mass is 834 g/mol. The van der Waals surface area contributed by atoms with E-state index < -0.39 is 10.8 Å². The molecule has 0 bridgehead atoms. The first-order valence-corrected chi connectivity index (χ1v) is 23.2. The van der Waals surface area contributed by atoms with Crippen LogP contribution in [-0.4, -0.2) is 23.4 Å². The van der Waals surface area contributed by atoms with Gasteiger partial charge in [-0.2, -0.15) is 0 Å². The number of fused-ring (bicyclic) bond motifs is 16. The normalized spacial score (nSPS) is 17.2. The van der Waals surface area contributed by atoms with Crippen LogP contribution in [0.3, 0.4) is 0 Å². The third kappa shape index (κ3) is 2.87. The Morgan fingerprint density at radius 1 is 0.379 bits per heavy atom. The Balaban J connectivity index is 1.05. The molecule has 0 saturated heterocycles. The summed E-state index contributed by atoms with van der Waals surface area (Å²) >= 11 is 0. The van der Waals surface area contributed by atoms with Crippen LogP contribution >= 0.6 is 0 Å². The zero-order chi connectivity index (χ0) is 42.2. The summed E-state index contributed by atoms with van der Waals surface area (Å²) in [4.78, 5) is 11.5. The summed E-state index contributed by atoms with van der Waals surface area (Å²) in [5.74, 6) is 1.55. The van der Waals surface area contributed by atoms with E-state index in [0.29, 0.717) is 0 Å². The number of benzene rings is 6. The topological polar surface area (TPSA) is 42.8 Å². The first-order valence-electron chi connectivity index (χ1n) is 23.2. The Morgan fingerprint density at radius 3 is 1.17 bits per heavy atom. The summed E-state index contributed by atoms with van der Waals surface area (Å²) in [6.07, 6.45) is 8.80. The molecule has 9 aliphatic rings. The van der Waals surface area contributed by atoms with E-state index in [2.05, 4.69) is 192 Å². The second kappa shape index (κ2) is 10.0. The zero-order valence-electron chi connectivity index (χ0n) is 35.1. The minimum absolute atomic E-state index is 0.0548. The average Bonchev–Trinajstić information content (AvgIpc) is 4.09. The van der Waals surface area contributed by atoms with Crippen LogP contribution in [-0.2, 0) is 10.8 Å². The molecule has 0 fully saturated rings. The van der Waals surface area contributed by atoms with Crippen LogP contribution < -0.4 is 51.8 Å². The van der Waals surface area contributed by atoms with Gasteiger partial charge < -0.3 is 4.74 Å². The Kier molecular flexibility index (Phi) is 4.93. The van der Waals surface area contributed by atoms with Crippen LogP contribution in [0.4, 0.5) is 11.4 Å². The molecule has 11 heterocycles. The molecule has 8 heteroatoms. The summed E-state index contributed by atoms with van der Waals surface area (Å²) in [5, 5.41) is 0. The third-order valence-electron chi connectivity index (χ3n) is 17.5. The van der Waals surface area contributed by atoms with E-state index in [1.54, 1.807) is 0 Å². The Labute approximate surface area is 379 Å². The smallest absolute Gasteiger partial charge is 0.345 e. The molecule has 2 aliphatic carbocycles. The van der Waals surface area contributed by atoms with Gasteiger partial charge in [0, 0.05) is 43.5 Å². The van der Waals surface area contributed by atoms with Crippen molar-refractivity contribution in [3.05, 3.63) is 227 Å². The molecule has 19 rings (SSSR count). The molecular weight excluding hydrogens is 804 g/mol. The van der Waals surface area contributed by atoms with Crippen molar-refractivity contribution in [3.63, 3.8) is 0 Å². The Hall–Kier alpha value is -8.19. The lowest BCUT2D eigenvalue weighted by atomic mass is 9.32. The second-order valence-corrected chi connectivity index (χ2v) is 19.6. The van der Waals surface area contributed by atoms with Gasteiger partial charge in [-0.25, -0.2) is 0 Å². The molecule has 0 atom stereocenters. The fraction of sp³-hybridized carbons (Fsp3) is 0.0345. The lowest BCUT2D eigenvalue weighted by Gasteiger charge is -2.45. The minimum Gasteiger partial charge on any atom is -0.440 e. The second-order valence-electron chi connectivity index (χ2n) is 19.6. The van der Waals surface area contributed by atoms with Gasteiger partial charge in [-0.15, -0.1) is 0 Å². The van der Waals surface area contributed by atoms with Crippen molar-refractivity contribution in [3.8, 4) is 56.0 Å². The van der Waals surface area contributed by atoms with Crippen LogP contribution in [0, 0.1) is 0 Å². The van der Waals surface area contributed by atoms with Gasteiger partial charge in [0.05, 0.1) is 34.6 Å². The predicted molar refractivity (Wildman–Crippen MR) is 256 cm³/mol. The molecule has 6 aromatic carbocycles. The largest absolute Gasteiger partial charge is 0.440 e. The number of rotatable bonds is 0. The predicted octanol–water partition coefficient (Wildman–Crippen LogP) is 5.70. The van der Waals surface area contributed by atoms with Crippen molar-refractivity contribution >= 4 is 57.8 Å². The summed E-state index contributed by atoms with van der Waals surface area (Å²) in [6.45, 7) is -0.110. The van der Waals surface area contributed by atoms with Gasteiger partial charge >= 0.3 is 24.8 Å². The summed E-state index contributed by atoms with van der Waals surface area (Å²) in [7, 11) is 0. The highest BCUT2D eigenvalue weighted by Gasteiger charge is 2.78. The van der Waals surface area contributed by atoms with Crippen molar-refractivity contribution in [2.24, 2.45) is 0 Å². The lowest BCUT2D eigenvalue weighted by Crippen LogP contribution is -2.99. The maximum absolute atomic E-state index is 7.46. The van der Waals surface area contributed by atoms with E-state index in [-0.39, 0.29) is 18.1 Å². The molecule has 7 aliphatic heterocycles. The van der Waals surface area contributed by atoms with Crippen LogP contribution in [0.2, 0.25) is 0 Å². The zero-order valence-corrected chi connectivity index (χ0v) is 35.1. The molecule has 66 heavy (non-hydrogen) atoms. The fourth-order valence-corrected chi connectivity index (χ4v) is 15.8. The molecule has 3 spiro atoms. The number of quaternary nitrogens is 1. The Morgan fingerprint density at radius 2 is 0.742 bits per heavy atom. The van der Waals surface area contributed by atoms with Gasteiger partial charge in [0.2, 0.25) is 35.1 Å². The lowest BCUT2D eigenvalue weighted by molar-refractivity contribution is -1.03. The standard InChI is InChI=1S/C58H30B2N5O/c1-5-21-39-31(13-1)32-14-2-6-22-40(32)57(39)43-25-9-17-35-37-19-11-27-63-55(37)59(47(35)43)49-51-45(29-61-53(49)57)66-46-30-62-54-50-52(46)65(51,63)64-28-12-20-38-36-18-10-26-44(48(36)60(50)56(38)64)58(54)41-23-7-3-15-33(41)34-16-4-8-24-42(34)58/h1-30H/q+3. The third-order valence-corrected chi connectivity index (χ3v) is 17.5. The number of hydrogen-bond acceptors (Lipinski definition) is 3. The summed E-state index contributed by atoms with van der Waals surface area (Å²) in [6, 6.07) is 59.7. The molecular formula is C58H30B2N5O+3. The maximum atomic E-state index is 7.46. The first kappa shape index (κ1) is 32.5. The molecule has 0 amide bonds. The van der Waals surface area contributed by atoms with E-state index in [1.165, 1.54) is 111 Å². The van der Waals surface area contributed by atoms with E-state index in [0.717, 1.165) is 34.3 Å². The minimum atomic E-state index is -0.653. The number of ether oxygens (including phenoxy) is 1. The number of aromatic nitrogens is 4. The van der Waals surface area contributed by atoms with E-state index >= 15 is 0 Å². The molecule has 296 valence electrons. The first-order chi connectivity index (χ1) is 32.8. The Bertz CT molecular complexity index is 3800. The van der Waals surface area contributed by atoms with Crippen LogP contribution in [0.25, 0.3) is 44.5 Å². The van der Waals surface area contributed by atoms with Gasteiger partial charge in [-0.05, 0) is 89.8 Å². The quantitative estimate of drug-likeness (QED) is 0.112. The van der Waals surface area contributed by atoms with Crippen LogP contribution in [0.15, 0.2) is 183 Å². The van der Waals surface area contributed by atoms with Crippen molar-refractivity contribution < 1.29 is 14.1 Å².